The van der Waals surface area contributed by atoms with Gasteiger partial charge in [0.15, 0.2) is 5.96 Å². The maximum atomic E-state index is 12.7. The monoisotopic (exact) mass is 450 g/mol. The molecule has 2 atom stereocenters. The van der Waals surface area contributed by atoms with Gasteiger partial charge in [-0.05, 0) is 49.7 Å². The number of aromatic nitrogens is 3. The number of guanidine groups is 1. The summed E-state index contributed by atoms with van der Waals surface area (Å²) in [6, 6.07) is 10.1. The number of benzene rings is 1. The summed E-state index contributed by atoms with van der Waals surface area (Å²) in [6.07, 6.45) is 3.82. The Morgan fingerprint density at radius 1 is 1.30 bits per heavy atom. The Morgan fingerprint density at radius 3 is 2.88 bits per heavy atom. The second-order valence-electron chi connectivity index (χ2n) is 8.70. The van der Waals surface area contributed by atoms with Gasteiger partial charge in [0.2, 0.25) is 0 Å². The predicted molar refractivity (Wildman–Crippen MR) is 128 cm³/mol. The molecule has 0 saturated carbocycles. The number of aromatic amines is 1. The summed E-state index contributed by atoms with van der Waals surface area (Å²) in [4.78, 5) is 22.6. The summed E-state index contributed by atoms with van der Waals surface area (Å²) in [5, 5.41) is 14.4. The summed E-state index contributed by atoms with van der Waals surface area (Å²) in [6.45, 7) is 4.82. The Labute approximate surface area is 191 Å². The fraction of sp³-hybridized carbons (Fsp3) is 0.435. The van der Waals surface area contributed by atoms with Crippen LogP contribution in [0.25, 0.3) is 16.7 Å². The quantitative estimate of drug-likeness (QED) is 0.278. The molecule has 4 heterocycles. The molecular weight excluding hydrogens is 420 g/mol. The number of anilines is 1. The van der Waals surface area contributed by atoms with Crippen LogP contribution < -0.4 is 27.0 Å². The van der Waals surface area contributed by atoms with Crippen LogP contribution in [0.2, 0.25) is 0 Å². The van der Waals surface area contributed by atoms with E-state index in [2.05, 4.69) is 31.6 Å². The maximum Gasteiger partial charge on any atom is 0.354 e. The van der Waals surface area contributed by atoms with Crippen molar-refractivity contribution in [3.8, 4) is 5.69 Å². The van der Waals surface area contributed by atoms with Crippen molar-refractivity contribution in [2.45, 2.75) is 24.9 Å². The van der Waals surface area contributed by atoms with Gasteiger partial charge in [0, 0.05) is 55.1 Å². The molecule has 2 saturated heterocycles. The van der Waals surface area contributed by atoms with Crippen LogP contribution in [0.4, 0.5) is 5.69 Å². The highest BCUT2D eigenvalue weighted by Gasteiger charge is 2.21. The number of rotatable bonds is 6. The molecule has 1 aromatic carbocycles. The van der Waals surface area contributed by atoms with Gasteiger partial charge < -0.3 is 31.0 Å². The lowest BCUT2D eigenvalue weighted by atomic mass is 10.1. The van der Waals surface area contributed by atoms with E-state index in [1.807, 2.05) is 30.5 Å². The molecule has 3 aromatic rings. The zero-order valence-corrected chi connectivity index (χ0v) is 18.5. The topological polar surface area (TPSA) is 137 Å². The molecule has 2 fully saturated rings. The molecule has 0 amide bonds. The van der Waals surface area contributed by atoms with Crippen molar-refractivity contribution in [3.05, 3.63) is 52.7 Å². The van der Waals surface area contributed by atoms with Crippen molar-refractivity contribution < 1.29 is 4.74 Å². The standard InChI is InChI=1S/C23H30N8O2/c24-22(25)27-8-6-19-14-30(9-10-33-19)17-1-3-18(4-2-17)31-13-16-11-20(15-5-7-26-12-15)28-21(16)29-23(31)32/h1-4,11,13,15,19,26H,5-10,12,14H2,(H4,24,25,27)(H,28,29,32)/t15?,19-/m0/s1. The number of hydrogen-bond donors (Lipinski definition) is 5. The second-order valence-corrected chi connectivity index (χ2v) is 8.70. The third kappa shape index (κ3) is 4.71. The van der Waals surface area contributed by atoms with Crippen LogP contribution in [0.15, 0.2) is 41.3 Å². The molecule has 2 aliphatic heterocycles. The number of nitrogens with zero attached hydrogens (tertiary/aromatic N) is 3. The molecule has 6 N–H and O–H groups in total. The number of H-pyrrole nitrogens is 1. The number of nitrogens with two attached hydrogens (primary N) is 1. The van der Waals surface area contributed by atoms with Crippen molar-refractivity contribution in [3.63, 3.8) is 0 Å². The highest BCUT2D eigenvalue weighted by molar-refractivity contribution is 5.76. The van der Waals surface area contributed by atoms with Crippen LogP contribution in [0.1, 0.15) is 24.5 Å². The fourth-order valence-electron chi connectivity index (χ4n) is 4.66. The molecule has 2 aromatic heterocycles. The molecule has 0 bridgehead atoms. The molecule has 33 heavy (non-hydrogen) atoms. The van der Waals surface area contributed by atoms with E-state index in [0.717, 1.165) is 61.5 Å². The van der Waals surface area contributed by atoms with Gasteiger partial charge in [-0.3, -0.25) is 9.98 Å². The highest BCUT2D eigenvalue weighted by Crippen LogP contribution is 2.25. The zero-order chi connectivity index (χ0) is 22.8. The first-order valence-electron chi connectivity index (χ1n) is 11.4. The largest absolute Gasteiger partial charge is 0.374 e. The Kier molecular flexibility index (Phi) is 6.01. The van der Waals surface area contributed by atoms with Crippen molar-refractivity contribution in [1.29, 1.82) is 5.41 Å². The van der Waals surface area contributed by atoms with E-state index in [1.54, 1.807) is 4.57 Å². The van der Waals surface area contributed by atoms with Crippen LogP contribution in [-0.4, -0.2) is 65.9 Å². The Morgan fingerprint density at radius 2 is 2.12 bits per heavy atom. The third-order valence-electron chi connectivity index (χ3n) is 6.44. The maximum absolute atomic E-state index is 12.7. The molecule has 5 rings (SSSR count). The minimum absolute atomic E-state index is 0.0208. The first-order valence-corrected chi connectivity index (χ1v) is 11.4. The summed E-state index contributed by atoms with van der Waals surface area (Å²) in [5.74, 6) is 0.421. The number of nitrogens with one attached hydrogen (secondary N) is 4. The summed E-state index contributed by atoms with van der Waals surface area (Å²) < 4.78 is 7.45. The van der Waals surface area contributed by atoms with Crippen molar-refractivity contribution >= 4 is 22.7 Å². The van der Waals surface area contributed by atoms with E-state index in [4.69, 9.17) is 15.9 Å². The first-order chi connectivity index (χ1) is 16.1. The SMILES string of the molecule is N=C(N)NCC[C@H]1CN(c2ccc(-n3cc4cc(C5CCNC5)[nH]c4nc3=O)cc2)CCO1. The van der Waals surface area contributed by atoms with Crippen molar-refractivity contribution in [1.82, 2.24) is 25.2 Å². The number of ether oxygens (including phenoxy) is 1. The van der Waals surface area contributed by atoms with E-state index in [1.165, 1.54) is 0 Å². The highest BCUT2D eigenvalue weighted by atomic mass is 16.5. The minimum Gasteiger partial charge on any atom is -0.374 e. The molecule has 10 nitrogen and oxygen atoms in total. The van der Waals surface area contributed by atoms with Gasteiger partial charge in [0.05, 0.1) is 18.4 Å². The Hall–Kier alpha value is -3.37. The van der Waals surface area contributed by atoms with Gasteiger partial charge >= 0.3 is 5.69 Å². The summed E-state index contributed by atoms with van der Waals surface area (Å²) in [7, 11) is 0. The van der Waals surface area contributed by atoms with Crippen LogP contribution in [0, 0.1) is 5.41 Å². The predicted octanol–water partition coefficient (Wildman–Crippen LogP) is 0.869. The van der Waals surface area contributed by atoms with Crippen LogP contribution >= 0.6 is 0 Å². The fourth-order valence-corrected chi connectivity index (χ4v) is 4.66. The molecule has 0 aliphatic carbocycles. The average Bonchev–Trinajstić information content (AvgIpc) is 3.48. The average molecular weight is 451 g/mol. The summed E-state index contributed by atoms with van der Waals surface area (Å²) in [5.41, 5.74) is 8.71. The van der Waals surface area contributed by atoms with E-state index >= 15 is 0 Å². The van der Waals surface area contributed by atoms with Gasteiger partial charge in [-0.2, -0.15) is 4.98 Å². The smallest absolute Gasteiger partial charge is 0.354 e. The van der Waals surface area contributed by atoms with Gasteiger partial charge in [-0.25, -0.2) is 4.79 Å². The lowest BCUT2D eigenvalue weighted by molar-refractivity contribution is 0.0362. The lowest BCUT2D eigenvalue weighted by Crippen LogP contribution is -2.44. The van der Waals surface area contributed by atoms with Gasteiger partial charge in [0.25, 0.3) is 0 Å². The molecule has 2 aliphatic rings. The van der Waals surface area contributed by atoms with Crippen LogP contribution in [0.3, 0.4) is 0 Å². The molecule has 1 unspecified atom stereocenters. The minimum atomic E-state index is -0.294. The van der Waals surface area contributed by atoms with Gasteiger partial charge in [0.1, 0.15) is 5.65 Å². The molecular formula is C23H30N8O2. The van der Waals surface area contributed by atoms with E-state index < -0.39 is 0 Å². The van der Waals surface area contributed by atoms with E-state index in [0.29, 0.717) is 24.7 Å². The molecule has 0 spiro atoms. The summed E-state index contributed by atoms with van der Waals surface area (Å²) >= 11 is 0. The van der Waals surface area contributed by atoms with Gasteiger partial charge in [-0.15, -0.1) is 0 Å². The van der Waals surface area contributed by atoms with Crippen LogP contribution in [0.5, 0.6) is 0 Å². The lowest BCUT2D eigenvalue weighted by Gasteiger charge is -2.34. The van der Waals surface area contributed by atoms with E-state index in [-0.39, 0.29) is 17.8 Å². The zero-order valence-electron chi connectivity index (χ0n) is 18.5. The number of morpholine rings is 1. The van der Waals surface area contributed by atoms with Crippen molar-refractivity contribution in [2.24, 2.45) is 5.73 Å². The van der Waals surface area contributed by atoms with E-state index in [9.17, 15) is 4.79 Å². The molecule has 174 valence electrons. The normalized spacial score (nSPS) is 20.9. The molecule has 10 heteroatoms. The molecule has 0 radical (unpaired) electrons. The first kappa shape index (κ1) is 21.5. The van der Waals surface area contributed by atoms with Crippen LogP contribution in [-0.2, 0) is 4.74 Å². The third-order valence-corrected chi connectivity index (χ3v) is 6.44. The number of hydrogen-bond acceptors (Lipinski definition) is 6. The Bertz CT molecular complexity index is 1180. The number of fused-ring (bicyclic) bond motifs is 1. The van der Waals surface area contributed by atoms with Gasteiger partial charge in [-0.1, -0.05) is 0 Å². The second kappa shape index (κ2) is 9.24. The van der Waals surface area contributed by atoms with Crippen molar-refractivity contribution in [2.75, 3.05) is 44.2 Å². The Balaban J connectivity index is 1.31.